The average molecular weight is 572 g/mol. The Bertz CT molecular complexity index is 1670. The number of thioether (sulfide) groups is 1. The van der Waals surface area contributed by atoms with Crippen molar-refractivity contribution in [2.45, 2.75) is 11.4 Å². The summed E-state index contributed by atoms with van der Waals surface area (Å²) in [5.41, 5.74) is 5.07. The second-order valence-electron chi connectivity index (χ2n) is 9.25. The fourth-order valence-electron chi connectivity index (χ4n) is 4.74. The van der Waals surface area contributed by atoms with Gasteiger partial charge in [-0.2, -0.15) is 5.26 Å². The number of benzene rings is 4. The number of hydrogen-bond acceptors (Lipinski definition) is 6. The molecule has 7 heteroatoms. The normalized spacial score (nSPS) is 10.5. The Morgan fingerprint density at radius 2 is 1.43 bits per heavy atom. The fraction of sp³-hybridized carbons (Fsp3) is 0.114. The first-order valence-corrected chi connectivity index (χ1v) is 14.4. The number of amides is 1. The molecule has 6 nitrogen and oxygen atoms in total. The number of ether oxygens (including phenoxy) is 2. The van der Waals surface area contributed by atoms with Crippen LogP contribution in [0, 0.1) is 11.3 Å². The number of nitriles is 1. The fourth-order valence-corrected chi connectivity index (χ4v) is 5.67. The minimum Gasteiger partial charge on any atom is -0.493 e. The van der Waals surface area contributed by atoms with Crippen LogP contribution in [0.15, 0.2) is 120 Å². The molecular weight excluding hydrogens is 542 g/mol. The highest BCUT2D eigenvalue weighted by molar-refractivity contribution is 7.99. The smallest absolute Gasteiger partial charge is 0.232 e. The minimum atomic E-state index is -0.0488. The summed E-state index contributed by atoms with van der Waals surface area (Å²) >= 11 is 1.40. The van der Waals surface area contributed by atoms with Crippen molar-refractivity contribution in [3.63, 3.8) is 0 Å². The SMILES string of the molecule is COc1cccc(-c2cc(-c3ccccc3)nc(SCCC(=O)N(c3ccccc3)c3ccccc3)c2C#N)c1OC. The summed E-state index contributed by atoms with van der Waals surface area (Å²) in [5, 5.41) is 10.9. The van der Waals surface area contributed by atoms with Gasteiger partial charge in [-0.15, -0.1) is 11.8 Å². The zero-order valence-corrected chi connectivity index (χ0v) is 24.2. The van der Waals surface area contributed by atoms with Crippen LogP contribution in [-0.2, 0) is 4.79 Å². The number of para-hydroxylation sites is 3. The molecule has 0 aliphatic heterocycles. The molecule has 42 heavy (non-hydrogen) atoms. The Labute approximate surface area is 250 Å². The second-order valence-corrected chi connectivity index (χ2v) is 10.3. The van der Waals surface area contributed by atoms with Crippen molar-refractivity contribution in [3.05, 3.63) is 121 Å². The van der Waals surface area contributed by atoms with Crippen molar-refractivity contribution in [1.29, 1.82) is 5.26 Å². The van der Waals surface area contributed by atoms with Gasteiger partial charge in [-0.25, -0.2) is 4.98 Å². The van der Waals surface area contributed by atoms with Gasteiger partial charge in [0.05, 0.1) is 25.5 Å². The maximum Gasteiger partial charge on any atom is 0.232 e. The lowest BCUT2D eigenvalue weighted by Gasteiger charge is -2.23. The van der Waals surface area contributed by atoms with Crippen molar-refractivity contribution in [1.82, 2.24) is 4.98 Å². The first-order chi connectivity index (χ1) is 20.6. The first kappa shape index (κ1) is 28.5. The highest BCUT2D eigenvalue weighted by Gasteiger charge is 2.22. The van der Waals surface area contributed by atoms with E-state index in [0.717, 1.165) is 28.2 Å². The van der Waals surface area contributed by atoms with Crippen LogP contribution in [-0.4, -0.2) is 30.9 Å². The van der Waals surface area contributed by atoms with Crippen molar-refractivity contribution >= 4 is 29.0 Å². The molecule has 0 unspecified atom stereocenters. The van der Waals surface area contributed by atoms with E-state index in [2.05, 4.69) is 6.07 Å². The molecule has 0 saturated carbocycles. The van der Waals surface area contributed by atoms with Gasteiger partial charge in [-0.3, -0.25) is 9.69 Å². The van der Waals surface area contributed by atoms with Crippen molar-refractivity contribution < 1.29 is 14.3 Å². The zero-order valence-electron chi connectivity index (χ0n) is 23.4. The number of aromatic nitrogens is 1. The third kappa shape index (κ3) is 6.14. The predicted molar refractivity (Wildman–Crippen MR) is 168 cm³/mol. The summed E-state index contributed by atoms with van der Waals surface area (Å²) in [4.78, 5) is 20.2. The van der Waals surface area contributed by atoms with E-state index >= 15 is 0 Å². The average Bonchev–Trinajstić information content (AvgIpc) is 3.05. The van der Waals surface area contributed by atoms with Crippen LogP contribution >= 0.6 is 11.8 Å². The number of carbonyl (C=O) groups excluding carboxylic acids is 1. The maximum atomic E-state index is 13.6. The van der Waals surface area contributed by atoms with Gasteiger partial charge in [0.2, 0.25) is 5.91 Å². The summed E-state index contributed by atoms with van der Waals surface area (Å²) in [7, 11) is 3.17. The molecule has 0 radical (unpaired) electrons. The largest absolute Gasteiger partial charge is 0.493 e. The van der Waals surface area contributed by atoms with Gasteiger partial charge in [-0.05, 0) is 36.4 Å². The van der Waals surface area contributed by atoms with Crippen LogP contribution in [0.1, 0.15) is 12.0 Å². The number of hydrogen-bond donors (Lipinski definition) is 0. The molecule has 4 aromatic carbocycles. The van der Waals surface area contributed by atoms with Crippen molar-refractivity contribution in [2.75, 3.05) is 24.9 Å². The lowest BCUT2D eigenvalue weighted by Crippen LogP contribution is -2.26. The van der Waals surface area contributed by atoms with Crippen molar-refractivity contribution in [2.24, 2.45) is 0 Å². The van der Waals surface area contributed by atoms with E-state index in [4.69, 9.17) is 14.5 Å². The standard InChI is InChI=1S/C35H29N3O3S/c1-40-32-20-12-19-28(34(32)41-2)29-23-31(25-13-6-3-7-14-25)37-35(30(29)24-36)42-22-21-33(39)38(26-15-8-4-9-16-26)27-17-10-5-11-18-27/h3-20,23H,21-22H2,1-2H3. The van der Waals surface area contributed by atoms with Gasteiger partial charge < -0.3 is 9.47 Å². The molecule has 0 fully saturated rings. The molecule has 0 aliphatic rings. The van der Waals surface area contributed by atoms with Gasteiger partial charge in [-0.1, -0.05) is 78.9 Å². The molecule has 5 aromatic rings. The first-order valence-electron chi connectivity index (χ1n) is 13.4. The van der Waals surface area contributed by atoms with E-state index in [1.165, 1.54) is 11.8 Å². The van der Waals surface area contributed by atoms with E-state index in [1.54, 1.807) is 19.1 Å². The third-order valence-corrected chi connectivity index (χ3v) is 7.67. The maximum absolute atomic E-state index is 13.6. The second kappa shape index (κ2) is 13.5. The van der Waals surface area contributed by atoms with E-state index in [1.807, 2.05) is 115 Å². The molecule has 0 aliphatic carbocycles. The van der Waals surface area contributed by atoms with E-state index in [-0.39, 0.29) is 12.3 Å². The van der Waals surface area contributed by atoms with E-state index in [9.17, 15) is 10.1 Å². The Morgan fingerprint density at radius 1 is 0.810 bits per heavy atom. The minimum absolute atomic E-state index is 0.0488. The number of pyridine rings is 1. The van der Waals surface area contributed by atoms with Crippen LogP contribution < -0.4 is 14.4 Å². The molecule has 0 spiro atoms. The molecule has 0 N–H and O–H groups in total. The van der Waals surface area contributed by atoms with Crippen LogP contribution in [0.4, 0.5) is 11.4 Å². The molecule has 1 heterocycles. The number of anilines is 2. The summed E-state index contributed by atoms with van der Waals surface area (Å²) in [5.74, 6) is 1.49. The van der Waals surface area contributed by atoms with E-state index in [0.29, 0.717) is 33.4 Å². The molecule has 1 aromatic heterocycles. The summed E-state index contributed by atoms with van der Waals surface area (Å²) in [6.07, 6.45) is 0.244. The van der Waals surface area contributed by atoms with Gasteiger partial charge >= 0.3 is 0 Å². The number of methoxy groups -OCH3 is 2. The molecule has 208 valence electrons. The zero-order chi connectivity index (χ0) is 29.3. The molecule has 0 saturated heterocycles. The number of carbonyl (C=O) groups is 1. The molecular formula is C35H29N3O3S. The van der Waals surface area contributed by atoms with Gasteiger partial charge in [0.1, 0.15) is 11.1 Å². The van der Waals surface area contributed by atoms with Crippen LogP contribution in [0.25, 0.3) is 22.4 Å². The molecule has 0 bridgehead atoms. The summed E-state index contributed by atoms with van der Waals surface area (Å²) in [6.45, 7) is 0. The van der Waals surface area contributed by atoms with Gasteiger partial charge in [0.25, 0.3) is 0 Å². The summed E-state index contributed by atoms with van der Waals surface area (Å²) < 4.78 is 11.3. The Hall–Kier alpha value is -5.06. The lowest BCUT2D eigenvalue weighted by atomic mass is 9.98. The predicted octanol–water partition coefficient (Wildman–Crippen LogP) is 8.15. The molecule has 5 rings (SSSR count). The highest BCUT2D eigenvalue weighted by Crippen LogP contribution is 2.42. The summed E-state index contributed by atoms with van der Waals surface area (Å²) in [6, 6.07) is 38.9. The van der Waals surface area contributed by atoms with Crippen LogP contribution in [0.5, 0.6) is 11.5 Å². The van der Waals surface area contributed by atoms with Crippen molar-refractivity contribution in [3.8, 4) is 40.0 Å². The molecule has 0 atom stereocenters. The Kier molecular flexibility index (Phi) is 9.17. The van der Waals surface area contributed by atoms with E-state index < -0.39 is 0 Å². The lowest BCUT2D eigenvalue weighted by molar-refractivity contribution is -0.117. The monoisotopic (exact) mass is 571 g/mol. The third-order valence-electron chi connectivity index (χ3n) is 6.69. The molecule has 1 amide bonds. The Morgan fingerprint density at radius 3 is 2.00 bits per heavy atom. The van der Waals surface area contributed by atoms with Gasteiger partial charge in [0.15, 0.2) is 11.5 Å². The van der Waals surface area contributed by atoms with Gasteiger partial charge in [0, 0.05) is 40.2 Å². The number of nitrogens with zero attached hydrogens (tertiary/aromatic N) is 3. The van der Waals surface area contributed by atoms with Crippen LogP contribution in [0.3, 0.4) is 0 Å². The number of rotatable bonds is 10. The van der Waals surface area contributed by atoms with Crippen LogP contribution in [0.2, 0.25) is 0 Å². The Balaban J connectivity index is 1.50. The topological polar surface area (TPSA) is 75.5 Å². The highest BCUT2D eigenvalue weighted by atomic mass is 32.2. The quantitative estimate of drug-likeness (QED) is 0.158.